The van der Waals surface area contributed by atoms with Gasteiger partial charge in [0.2, 0.25) is 5.91 Å². The standard InChI is InChI=1S/C26H25Cl2N3O2S/c1-17-12-14-31(15-13-17)23-9-6-20(16-22(23)28)29-26(34)30-25(32)11-8-21-7-10-24(33-21)18-2-4-19(27)5-3-18/h2-11,16-17H,12-15H2,1H3,(H2,29,30,32,34)/b11-8+. The first-order valence-corrected chi connectivity index (χ1v) is 12.2. The Morgan fingerprint density at radius 1 is 1.09 bits per heavy atom. The number of amides is 1. The van der Waals surface area contributed by atoms with Crippen molar-refractivity contribution in [3.05, 3.63) is 76.5 Å². The number of anilines is 2. The highest BCUT2D eigenvalue weighted by Crippen LogP contribution is 2.32. The van der Waals surface area contributed by atoms with Crippen LogP contribution in [0.15, 0.2) is 65.1 Å². The molecule has 1 aliphatic heterocycles. The van der Waals surface area contributed by atoms with E-state index in [0.29, 0.717) is 27.3 Å². The molecular formula is C26H25Cl2N3O2S. The van der Waals surface area contributed by atoms with Crippen molar-refractivity contribution in [1.82, 2.24) is 5.32 Å². The molecule has 1 fully saturated rings. The molecule has 5 nitrogen and oxygen atoms in total. The summed E-state index contributed by atoms with van der Waals surface area (Å²) in [6.45, 7) is 4.29. The largest absolute Gasteiger partial charge is 0.457 e. The number of nitrogens with one attached hydrogen (secondary N) is 2. The number of piperidine rings is 1. The average Bonchev–Trinajstić information content (AvgIpc) is 3.28. The molecule has 1 aliphatic rings. The van der Waals surface area contributed by atoms with E-state index in [2.05, 4.69) is 22.5 Å². The summed E-state index contributed by atoms with van der Waals surface area (Å²) in [6, 6.07) is 16.7. The molecule has 0 spiro atoms. The second-order valence-corrected chi connectivity index (χ2v) is 9.57. The number of hydrogen-bond acceptors (Lipinski definition) is 4. The fraction of sp³-hybridized carbons (Fsp3) is 0.231. The van der Waals surface area contributed by atoms with Gasteiger partial charge in [-0.1, -0.05) is 30.1 Å². The quantitative estimate of drug-likeness (QED) is 0.283. The van der Waals surface area contributed by atoms with Crippen molar-refractivity contribution in [3.63, 3.8) is 0 Å². The summed E-state index contributed by atoms with van der Waals surface area (Å²) in [6.07, 6.45) is 5.29. The Kier molecular flexibility index (Phi) is 7.93. The number of benzene rings is 2. The monoisotopic (exact) mass is 513 g/mol. The van der Waals surface area contributed by atoms with Crippen LogP contribution < -0.4 is 15.5 Å². The van der Waals surface area contributed by atoms with Gasteiger partial charge in [-0.2, -0.15) is 0 Å². The number of furan rings is 1. The van der Waals surface area contributed by atoms with E-state index in [1.54, 1.807) is 24.3 Å². The van der Waals surface area contributed by atoms with Gasteiger partial charge < -0.3 is 14.6 Å². The third-order valence-electron chi connectivity index (χ3n) is 5.72. The molecule has 0 unspecified atom stereocenters. The lowest BCUT2D eigenvalue weighted by Crippen LogP contribution is -2.33. The summed E-state index contributed by atoms with van der Waals surface area (Å²) in [7, 11) is 0. The SMILES string of the molecule is CC1CCN(c2ccc(NC(=S)NC(=O)/C=C/c3ccc(-c4ccc(Cl)cc4)o3)cc2Cl)CC1. The topological polar surface area (TPSA) is 57.5 Å². The molecule has 2 aromatic carbocycles. The molecule has 1 saturated heterocycles. The smallest absolute Gasteiger partial charge is 0.250 e. The summed E-state index contributed by atoms with van der Waals surface area (Å²) in [5, 5.41) is 7.14. The Morgan fingerprint density at radius 3 is 2.53 bits per heavy atom. The van der Waals surface area contributed by atoms with Crippen LogP contribution in [0.2, 0.25) is 10.0 Å². The first kappa shape index (κ1) is 24.3. The number of hydrogen-bond donors (Lipinski definition) is 2. The van der Waals surface area contributed by atoms with Gasteiger partial charge in [-0.25, -0.2) is 0 Å². The molecule has 176 valence electrons. The van der Waals surface area contributed by atoms with Crippen molar-refractivity contribution in [2.75, 3.05) is 23.3 Å². The Labute approximate surface area is 214 Å². The van der Waals surface area contributed by atoms with Crippen molar-refractivity contribution in [1.29, 1.82) is 0 Å². The third kappa shape index (κ3) is 6.41. The third-order valence-corrected chi connectivity index (χ3v) is 6.48. The number of carbonyl (C=O) groups excluding carboxylic acids is 1. The van der Waals surface area contributed by atoms with E-state index in [1.807, 2.05) is 36.4 Å². The molecule has 34 heavy (non-hydrogen) atoms. The summed E-state index contributed by atoms with van der Waals surface area (Å²) < 4.78 is 5.76. The second kappa shape index (κ2) is 11.1. The zero-order chi connectivity index (χ0) is 24.1. The van der Waals surface area contributed by atoms with E-state index in [4.69, 9.17) is 39.8 Å². The Balaban J connectivity index is 1.30. The molecule has 1 aromatic heterocycles. The van der Waals surface area contributed by atoms with Crippen LogP contribution in [-0.2, 0) is 4.79 Å². The van der Waals surface area contributed by atoms with Crippen LogP contribution in [0, 0.1) is 5.92 Å². The van der Waals surface area contributed by atoms with Gasteiger partial charge in [-0.15, -0.1) is 0 Å². The maximum atomic E-state index is 12.3. The van der Waals surface area contributed by atoms with E-state index in [1.165, 1.54) is 18.9 Å². The number of halogens is 2. The van der Waals surface area contributed by atoms with Crippen LogP contribution >= 0.6 is 35.4 Å². The van der Waals surface area contributed by atoms with Gasteiger partial charge in [-0.3, -0.25) is 10.1 Å². The van der Waals surface area contributed by atoms with Crippen LogP contribution in [0.25, 0.3) is 17.4 Å². The zero-order valence-electron chi connectivity index (χ0n) is 18.7. The van der Waals surface area contributed by atoms with Gasteiger partial charge in [0.15, 0.2) is 5.11 Å². The lowest BCUT2D eigenvalue weighted by atomic mass is 9.99. The molecule has 2 N–H and O–H groups in total. The Hall–Kier alpha value is -2.80. The number of nitrogens with zero attached hydrogens (tertiary/aromatic N) is 1. The molecular weight excluding hydrogens is 489 g/mol. The molecule has 3 aromatic rings. The molecule has 0 aliphatic carbocycles. The average molecular weight is 514 g/mol. The first-order valence-electron chi connectivity index (χ1n) is 11.1. The molecule has 0 radical (unpaired) electrons. The fourth-order valence-corrected chi connectivity index (χ4v) is 4.42. The van der Waals surface area contributed by atoms with Gasteiger partial charge >= 0.3 is 0 Å². The molecule has 8 heteroatoms. The van der Waals surface area contributed by atoms with Crippen LogP contribution in [0.3, 0.4) is 0 Å². The van der Waals surface area contributed by atoms with E-state index < -0.39 is 0 Å². The fourth-order valence-electron chi connectivity index (χ4n) is 3.78. The Morgan fingerprint density at radius 2 is 1.82 bits per heavy atom. The molecule has 1 amide bonds. The summed E-state index contributed by atoms with van der Waals surface area (Å²) in [5.74, 6) is 1.62. The summed E-state index contributed by atoms with van der Waals surface area (Å²) in [5.41, 5.74) is 2.64. The highest BCUT2D eigenvalue weighted by molar-refractivity contribution is 7.80. The maximum absolute atomic E-state index is 12.3. The first-order chi connectivity index (χ1) is 16.4. The number of rotatable bonds is 5. The van der Waals surface area contributed by atoms with E-state index in [9.17, 15) is 4.79 Å². The van der Waals surface area contributed by atoms with Crippen molar-refractivity contribution < 1.29 is 9.21 Å². The number of thiocarbonyl (C=S) groups is 1. The summed E-state index contributed by atoms with van der Waals surface area (Å²) in [4.78, 5) is 14.6. The minimum Gasteiger partial charge on any atom is -0.457 e. The van der Waals surface area contributed by atoms with Gasteiger partial charge in [0.1, 0.15) is 11.5 Å². The second-order valence-electron chi connectivity index (χ2n) is 8.32. The number of carbonyl (C=O) groups is 1. The molecule has 0 bridgehead atoms. The zero-order valence-corrected chi connectivity index (χ0v) is 21.0. The predicted molar refractivity (Wildman–Crippen MR) is 145 cm³/mol. The molecule has 4 rings (SSSR count). The van der Waals surface area contributed by atoms with Gasteiger partial charge in [0.05, 0.1) is 10.7 Å². The van der Waals surface area contributed by atoms with Crippen LogP contribution in [0.5, 0.6) is 0 Å². The lowest BCUT2D eigenvalue weighted by Gasteiger charge is -2.32. The van der Waals surface area contributed by atoms with Crippen LogP contribution in [0.4, 0.5) is 11.4 Å². The van der Waals surface area contributed by atoms with Crippen molar-refractivity contribution in [2.24, 2.45) is 5.92 Å². The highest BCUT2D eigenvalue weighted by Gasteiger charge is 2.18. The molecule has 2 heterocycles. The predicted octanol–water partition coefficient (Wildman–Crippen LogP) is 7.02. The Bertz CT molecular complexity index is 1200. The highest BCUT2D eigenvalue weighted by atomic mass is 35.5. The van der Waals surface area contributed by atoms with E-state index >= 15 is 0 Å². The van der Waals surface area contributed by atoms with Crippen molar-refractivity contribution in [2.45, 2.75) is 19.8 Å². The van der Waals surface area contributed by atoms with E-state index in [-0.39, 0.29) is 11.0 Å². The molecule has 0 atom stereocenters. The maximum Gasteiger partial charge on any atom is 0.250 e. The van der Waals surface area contributed by atoms with Gasteiger partial charge in [-0.05, 0) is 91.7 Å². The van der Waals surface area contributed by atoms with E-state index in [0.717, 1.165) is 30.3 Å². The minimum absolute atomic E-state index is 0.187. The van der Waals surface area contributed by atoms with Gasteiger partial charge in [0, 0.05) is 35.4 Å². The van der Waals surface area contributed by atoms with Crippen molar-refractivity contribution in [3.8, 4) is 11.3 Å². The van der Waals surface area contributed by atoms with Crippen LogP contribution in [-0.4, -0.2) is 24.1 Å². The van der Waals surface area contributed by atoms with Crippen LogP contribution in [0.1, 0.15) is 25.5 Å². The summed E-state index contributed by atoms with van der Waals surface area (Å²) >= 11 is 17.7. The van der Waals surface area contributed by atoms with Crippen molar-refractivity contribution >= 4 is 63.9 Å². The normalized spacial score (nSPS) is 14.4. The molecule has 0 saturated carbocycles. The van der Waals surface area contributed by atoms with Gasteiger partial charge in [0.25, 0.3) is 0 Å². The lowest BCUT2D eigenvalue weighted by molar-refractivity contribution is -0.115. The minimum atomic E-state index is -0.368.